The lowest BCUT2D eigenvalue weighted by Gasteiger charge is -2.12. The van der Waals surface area contributed by atoms with Gasteiger partial charge in [0.05, 0.1) is 5.52 Å². The first-order valence-corrected chi connectivity index (χ1v) is 8.46. The molecule has 0 aliphatic rings. The van der Waals surface area contributed by atoms with Crippen LogP contribution in [0.15, 0.2) is 60.7 Å². The summed E-state index contributed by atoms with van der Waals surface area (Å²) in [6, 6.07) is 21.0. The lowest BCUT2D eigenvalue weighted by molar-refractivity contribution is 0.908. The SMILES string of the molecule is BrC(Cc1ccc2ccccc2n1)c1ccccc1I. The van der Waals surface area contributed by atoms with E-state index < -0.39 is 0 Å². The van der Waals surface area contributed by atoms with Gasteiger partial charge in [0, 0.05) is 25.9 Å². The number of benzene rings is 2. The molecule has 0 aliphatic carbocycles. The summed E-state index contributed by atoms with van der Waals surface area (Å²) in [6.07, 6.45) is 0.894. The summed E-state index contributed by atoms with van der Waals surface area (Å²) in [5.41, 5.74) is 3.50. The fraction of sp³-hybridized carbons (Fsp3) is 0.118. The molecule has 1 unspecified atom stereocenters. The number of halogens is 2. The van der Waals surface area contributed by atoms with Crippen LogP contribution in [0.3, 0.4) is 0 Å². The van der Waals surface area contributed by atoms with Gasteiger partial charge in [-0.2, -0.15) is 0 Å². The summed E-state index contributed by atoms with van der Waals surface area (Å²) in [4.78, 5) is 5.03. The van der Waals surface area contributed by atoms with Gasteiger partial charge in [-0.25, -0.2) is 0 Å². The van der Waals surface area contributed by atoms with Crippen LogP contribution in [0.1, 0.15) is 16.1 Å². The largest absolute Gasteiger partial charge is 0.253 e. The topological polar surface area (TPSA) is 12.9 Å². The van der Waals surface area contributed by atoms with Crippen LogP contribution in [0.4, 0.5) is 0 Å². The van der Waals surface area contributed by atoms with Gasteiger partial charge in [-0.05, 0) is 46.4 Å². The Bertz CT molecular complexity index is 742. The Kier molecular flexibility index (Phi) is 4.36. The molecule has 1 atom stereocenters. The molecule has 1 nitrogen and oxygen atoms in total. The van der Waals surface area contributed by atoms with E-state index in [0.29, 0.717) is 4.83 Å². The van der Waals surface area contributed by atoms with Gasteiger partial charge < -0.3 is 0 Å². The van der Waals surface area contributed by atoms with Crippen LogP contribution in [-0.2, 0) is 6.42 Å². The van der Waals surface area contributed by atoms with Crippen molar-refractivity contribution in [2.24, 2.45) is 0 Å². The third-order valence-corrected chi connectivity index (χ3v) is 5.09. The van der Waals surface area contributed by atoms with Gasteiger partial charge in [-0.3, -0.25) is 4.98 Å². The Morgan fingerprint density at radius 3 is 2.55 bits per heavy atom. The van der Waals surface area contributed by atoms with Gasteiger partial charge in [-0.1, -0.05) is 58.4 Å². The molecule has 0 fully saturated rings. The third-order valence-electron chi connectivity index (χ3n) is 3.29. The predicted octanol–water partition coefficient (Wildman–Crippen LogP) is 5.52. The maximum absolute atomic E-state index is 4.74. The second-order valence-electron chi connectivity index (χ2n) is 4.69. The van der Waals surface area contributed by atoms with Crippen molar-refractivity contribution in [3.8, 4) is 0 Å². The molecule has 2 aromatic carbocycles. The maximum atomic E-state index is 4.74. The highest BCUT2D eigenvalue weighted by molar-refractivity contribution is 14.1. The van der Waals surface area contributed by atoms with Gasteiger partial charge in [0.25, 0.3) is 0 Å². The summed E-state index contributed by atoms with van der Waals surface area (Å²) in [6.45, 7) is 0. The van der Waals surface area contributed by atoms with Crippen molar-refractivity contribution in [2.75, 3.05) is 0 Å². The van der Waals surface area contributed by atoms with Crippen LogP contribution >= 0.6 is 38.5 Å². The van der Waals surface area contributed by atoms with Crippen molar-refractivity contribution < 1.29 is 0 Å². The average molecular weight is 438 g/mol. The molecule has 0 radical (unpaired) electrons. The van der Waals surface area contributed by atoms with E-state index in [0.717, 1.165) is 17.6 Å². The van der Waals surface area contributed by atoms with Crippen LogP contribution in [0.25, 0.3) is 10.9 Å². The minimum Gasteiger partial charge on any atom is -0.253 e. The molecule has 20 heavy (non-hydrogen) atoms. The van der Waals surface area contributed by atoms with Crippen molar-refractivity contribution in [3.63, 3.8) is 0 Å². The molecular weight excluding hydrogens is 425 g/mol. The molecule has 0 bridgehead atoms. The first-order chi connectivity index (χ1) is 9.74. The van der Waals surface area contributed by atoms with Crippen LogP contribution in [-0.4, -0.2) is 4.98 Å². The standard InChI is InChI=1S/C17H13BrIN/c18-15(14-6-2-3-7-16(14)19)11-13-10-9-12-5-1-4-8-17(12)20-13/h1-10,15H,11H2. The number of aromatic nitrogens is 1. The summed E-state index contributed by atoms with van der Waals surface area (Å²) >= 11 is 6.17. The molecular formula is C17H13BrIN. The van der Waals surface area contributed by atoms with E-state index >= 15 is 0 Å². The van der Waals surface area contributed by atoms with Gasteiger partial charge in [0.15, 0.2) is 0 Å². The second kappa shape index (κ2) is 6.22. The number of alkyl halides is 1. The minimum absolute atomic E-state index is 0.296. The van der Waals surface area contributed by atoms with Gasteiger partial charge in [-0.15, -0.1) is 0 Å². The summed E-state index contributed by atoms with van der Waals surface area (Å²) in [7, 11) is 0. The first-order valence-electron chi connectivity index (χ1n) is 6.47. The number of fused-ring (bicyclic) bond motifs is 1. The van der Waals surface area contributed by atoms with Crippen molar-refractivity contribution >= 4 is 49.4 Å². The zero-order valence-electron chi connectivity index (χ0n) is 10.8. The second-order valence-corrected chi connectivity index (χ2v) is 6.96. The number of pyridine rings is 1. The smallest absolute Gasteiger partial charge is 0.0705 e. The van der Waals surface area contributed by atoms with E-state index in [2.05, 4.69) is 87.1 Å². The van der Waals surface area contributed by atoms with Gasteiger partial charge in [0.2, 0.25) is 0 Å². The molecule has 1 heterocycles. The maximum Gasteiger partial charge on any atom is 0.0705 e. The summed E-state index contributed by atoms with van der Waals surface area (Å²) < 4.78 is 1.28. The highest BCUT2D eigenvalue weighted by Crippen LogP contribution is 2.30. The Hall–Kier alpha value is -0.940. The molecule has 3 rings (SSSR count). The van der Waals surface area contributed by atoms with Crippen molar-refractivity contribution in [1.82, 2.24) is 4.98 Å². The molecule has 0 aliphatic heterocycles. The van der Waals surface area contributed by atoms with E-state index in [9.17, 15) is 0 Å². The van der Waals surface area contributed by atoms with E-state index in [1.165, 1.54) is 14.5 Å². The van der Waals surface area contributed by atoms with Crippen molar-refractivity contribution in [2.45, 2.75) is 11.2 Å². The number of nitrogens with zero attached hydrogens (tertiary/aromatic N) is 1. The van der Waals surface area contributed by atoms with Crippen molar-refractivity contribution in [1.29, 1.82) is 0 Å². The molecule has 0 N–H and O–H groups in total. The van der Waals surface area contributed by atoms with Crippen molar-refractivity contribution in [3.05, 3.63) is 75.5 Å². The number of para-hydroxylation sites is 1. The zero-order chi connectivity index (χ0) is 13.9. The normalized spacial score (nSPS) is 12.5. The minimum atomic E-state index is 0.296. The lowest BCUT2D eigenvalue weighted by Crippen LogP contribution is -2.00. The van der Waals surface area contributed by atoms with E-state index in [1.807, 2.05) is 12.1 Å². The molecule has 0 spiro atoms. The Balaban J connectivity index is 1.87. The number of hydrogen-bond acceptors (Lipinski definition) is 1. The summed E-state index contributed by atoms with van der Waals surface area (Å²) in [5.74, 6) is 0. The fourth-order valence-corrected chi connectivity index (χ4v) is 4.17. The predicted molar refractivity (Wildman–Crippen MR) is 96.3 cm³/mol. The Morgan fingerprint density at radius 1 is 0.950 bits per heavy atom. The highest BCUT2D eigenvalue weighted by atomic mass is 127. The molecule has 1 aromatic heterocycles. The van der Waals surface area contributed by atoms with E-state index in [-0.39, 0.29) is 0 Å². The molecule has 3 heteroatoms. The highest BCUT2D eigenvalue weighted by Gasteiger charge is 2.12. The molecule has 100 valence electrons. The van der Waals surface area contributed by atoms with Crippen LogP contribution in [0, 0.1) is 3.57 Å². The summed E-state index contributed by atoms with van der Waals surface area (Å²) in [5, 5.41) is 1.19. The van der Waals surface area contributed by atoms with Crippen LogP contribution < -0.4 is 0 Å². The lowest BCUT2D eigenvalue weighted by atomic mass is 10.1. The first kappa shape index (κ1) is 14.0. The van der Waals surface area contributed by atoms with Crippen LogP contribution in [0.5, 0.6) is 0 Å². The Morgan fingerprint density at radius 2 is 1.70 bits per heavy atom. The molecule has 0 amide bonds. The third kappa shape index (κ3) is 3.04. The van der Waals surface area contributed by atoms with E-state index in [4.69, 9.17) is 4.98 Å². The monoisotopic (exact) mass is 437 g/mol. The molecule has 3 aromatic rings. The quantitative estimate of drug-likeness (QED) is 0.388. The van der Waals surface area contributed by atoms with Crippen LogP contribution in [0.2, 0.25) is 0 Å². The van der Waals surface area contributed by atoms with Gasteiger partial charge >= 0.3 is 0 Å². The zero-order valence-corrected chi connectivity index (χ0v) is 14.5. The number of rotatable bonds is 3. The number of hydrogen-bond donors (Lipinski definition) is 0. The average Bonchev–Trinajstić information content (AvgIpc) is 2.47. The fourth-order valence-electron chi connectivity index (χ4n) is 2.24. The van der Waals surface area contributed by atoms with E-state index in [1.54, 1.807) is 0 Å². The molecule has 0 saturated heterocycles. The van der Waals surface area contributed by atoms with Gasteiger partial charge in [0.1, 0.15) is 0 Å². The molecule has 0 saturated carbocycles. The Labute approximate surface area is 140 Å².